The Morgan fingerprint density at radius 1 is 1.25 bits per heavy atom. The molecule has 0 spiro atoms. The molecule has 1 unspecified atom stereocenters. The number of hydrogen-bond donors (Lipinski definition) is 0. The Bertz CT molecular complexity index is 502. The number of ether oxygens (including phenoxy) is 1. The van der Waals surface area contributed by atoms with Gasteiger partial charge in [0, 0.05) is 6.54 Å². The molecule has 1 atom stereocenters. The number of carbonyl (C=O) groups excluding carboxylic acids is 1. The fourth-order valence-corrected chi connectivity index (χ4v) is 3.03. The molecule has 4 nitrogen and oxygen atoms in total. The second-order valence-corrected chi connectivity index (χ2v) is 6.84. The lowest BCUT2D eigenvalue weighted by molar-refractivity contribution is -0.132. The van der Waals surface area contributed by atoms with E-state index in [1.165, 1.54) is 0 Å². The Morgan fingerprint density at radius 3 is 2.35 bits per heavy atom. The van der Waals surface area contributed by atoms with Gasteiger partial charge in [-0.2, -0.15) is 0 Å². The number of rotatable bonds is 4. The normalized spacial score (nSPS) is 24.6. The maximum atomic E-state index is 12.5. The number of hydrogen-bond acceptors (Lipinski definition) is 4. The van der Waals surface area contributed by atoms with Crippen LogP contribution in [-0.4, -0.2) is 35.5 Å². The Balaban J connectivity index is 2.03. The Labute approximate surface area is 121 Å². The molecule has 0 aromatic carbocycles. The summed E-state index contributed by atoms with van der Waals surface area (Å²) in [5.41, 5.74) is -1.11. The topological polar surface area (TPSA) is 42.7 Å². The SMILES string of the molecule is Cc1ccc(CN(C)CC2C(=O)C(C)(C)OC2(C)C)o1. The molecule has 1 aliphatic heterocycles. The van der Waals surface area contributed by atoms with Crippen molar-refractivity contribution in [3.8, 4) is 0 Å². The van der Waals surface area contributed by atoms with E-state index in [0.29, 0.717) is 13.1 Å². The number of Topliss-reactive ketones (excluding diaryl/α,β-unsaturated/α-hetero) is 1. The van der Waals surface area contributed by atoms with Gasteiger partial charge in [0.2, 0.25) is 0 Å². The van der Waals surface area contributed by atoms with Crippen molar-refractivity contribution in [3.63, 3.8) is 0 Å². The van der Waals surface area contributed by atoms with Crippen molar-refractivity contribution in [1.82, 2.24) is 4.90 Å². The van der Waals surface area contributed by atoms with Gasteiger partial charge >= 0.3 is 0 Å². The summed E-state index contributed by atoms with van der Waals surface area (Å²) in [4.78, 5) is 14.6. The first-order chi connectivity index (χ1) is 9.12. The largest absolute Gasteiger partial charge is 0.465 e. The lowest BCUT2D eigenvalue weighted by Crippen LogP contribution is -2.39. The monoisotopic (exact) mass is 279 g/mol. The minimum Gasteiger partial charge on any atom is -0.465 e. The summed E-state index contributed by atoms with van der Waals surface area (Å²) in [6.07, 6.45) is 0. The van der Waals surface area contributed by atoms with Gasteiger partial charge in [-0.25, -0.2) is 0 Å². The molecule has 20 heavy (non-hydrogen) atoms. The van der Waals surface area contributed by atoms with Crippen LogP contribution < -0.4 is 0 Å². The lowest BCUT2D eigenvalue weighted by Gasteiger charge is -2.28. The second-order valence-electron chi connectivity index (χ2n) is 6.84. The molecule has 0 amide bonds. The molecular weight excluding hydrogens is 254 g/mol. The molecule has 0 N–H and O–H groups in total. The number of furan rings is 1. The van der Waals surface area contributed by atoms with Crippen LogP contribution in [0.5, 0.6) is 0 Å². The zero-order valence-corrected chi connectivity index (χ0v) is 13.3. The average molecular weight is 279 g/mol. The minimum atomic E-state index is -0.684. The van der Waals surface area contributed by atoms with Crippen molar-refractivity contribution >= 4 is 5.78 Å². The number of ketones is 1. The molecule has 0 bridgehead atoms. The quantitative estimate of drug-likeness (QED) is 0.850. The van der Waals surface area contributed by atoms with E-state index in [4.69, 9.17) is 9.15 Å². The summed E-state index contributed by atoms with van der Waals surface area (Å²) in [5.74, 6) is 1.91. The van der Waals surface area contributed by atoms with E-state index in [2.05, 4.69) is 4.90 Å². The Kier molecular flexibility index (Phi) is 3.82. The average Bonchev–Trinajstić information content (AvgIpc) is 2.74. The molecule has 1 aromatic heterocycles. The van der Waals surface area contributed by atoms with Crippen LogP contribution in [0.4, 0.5) is 0 Å². The third kappa shape index (κ3) is 2.96. The molecule has 2 heterocycles. The van der Waals surface area contributed by atoms with Crippen molar-refractivity contribution in [1.29, 1.82) is 0 Å². The van der Waals surface area contributed by atoms with Crippen molar-refractivity contribution < 1.29 is 13.9 Å². The van der Waals surface area contributed by atoms with Gasteiger partial charge in [0.05, 0.1) is 18.1 Å². The molecular formula is C16H25NO3. The summed E-state index contributed by atoms with van der Waals surface area (Å²) < 4.78 is 11.5. The standard InChI is InChI=1S/C16H25NO3/c1-11-7-8-12(19-11)9-17(6)10-13-14(18)16(4,5)20-15(13,2)3/h7-8,13H,9-10H2,1-6H3. The summed E-state index contributed by atoms with van der Waals surface area (Å²) in [6, 6.07) is 3.94. The summed E-state index contributed by atoms with van der Waals surface area (Å²) in [6.45, 7) is 11.0. The van der Waals surface area contributed by atoms with Crippen LogP contribution in [0.15, 0.2) is 16.5 Å². The molecule has 0 saturated carbocycles. The molecule has 4 heteroatoms. The number of carbonyl (C=O) groups is 1. The van der Waals surface area contributed by atoms with Crippen molar-refractivity contribution in [2.45, 2.75) is 52.4 Å². The zero-order valence-electron chi connectivity index (χ0n) is 13.3. The van der Waals surface area contributed by atoms with Crippen LogP contribution in [0.25, 0.3) is 0 Å². The smallest absolute Gasteiger partial charge is 0.171 e. The first kappa shape index (κ1) is 15.3. The van der Waals surface area contributed by atoms with Crippen LogP contribution in [-0.2, 0) is 16.1 Å². The number of aryl methyl sites for hydroxylation is 1. The fourth-order valence-electron chi connectivity index (χ4n) is 3.03. The van der Waals surface area contributed by atoms with Crippen LogP contribution >= 0.6 is 0 Å². The first-order valence-corrected chi connectivity index (χ1v) is 7.10. The highest BCUT2D eigenvalue weighted by Gasteiger charge is 2.53. The van der Waals surface area contributed by atoms with Gasteiger partial charge in [-0.1, -0.05) is 0 Å². The van der Waals surface area contributed by atoms with Gasteiger partial charge in [0.25, 0.3) is 0 Å². The number of nitrogens with zero attached hydrogens (tertiary/aromatic N) is 1. The van der Waals surface area contributed by atoms with Gasteiger partial charge in [-0.05, 0) is 53.8 Å². The van der Waals surface area contributed by atoms with Crippen molar-refractivity contribution in [3.05, 3.63) is 23.7 Å². The lowest BCUT2D eigenvalue weighted by atomic mass is 9.85. The predicted molar refractivity (Wildman–Crippen MR) is 77.5 cm³/mol. The van der Waals surface area contributed by atoms with Crippen molar-refractivity contribution in [2.75, 3.05) is 13.6 Å². The third-order valence-corrected chi connectivity index (χ3v) is 3.98. The van der Waals surface area contributed by atoms with Gasteiger partial charge < -0.3 is 9.15 Å². The maximum absolute atomic E-state index is 12.5. The van der Waals surface area contributed by atoms with E-state index in [1.54, 1.807) is 0 Å². The minimum absolute atomic E-state index is 0.112. The van der Waals surface area contributed by atoms with E-state index in [-0.39, 0.29) is 11.7 Å². The fraction of sp³-hybridized carbons (Fsp3) is 0.688. The Hall–Kier alpha value is -1.13. The van der Waals surface area contributed by atoms with Crippen molar-refractivity contribution in [2.24, 2.45) is 5.92 Å². The van der Waals surface area contributed by atoms with E-state index in [9.17, 15) is 4.79 Å². The van der Waals surface area contributed by atoms with Gasteiger partial charge in [-0.3, -0.25) is 9.69 Å². The van der Waals surface area contributed by atoms with Gasteiger partial charge in [-0.15, -0.1) is 0 Å². The van der Waals surface area contributed by atoms with Crippen LogP contribution in [0.2, 0.25) is 0 Å². The highest BCUT2D eigenvalue weighted by molar-refractivity contribution is 5.91. The maximum Gasteiger partial charge on any atom is 0.171 e. The van der Waals surface area contributed by atoms with E-state index < -0.39 is 11.2 Å². The second kappa shape index (κ2) is 5.01. The van der Waals surface area contributed by atoms with E-state index >= 15 is 0 Å². The third-order valence-electron chi connectivity index (χ3n) is 3.98. The molecule has 1 aliphatic rings. The first-order valence-electron chi connectivity index (χ1n) is 7.10. The molecule has 1 saturated heterocycles. The van der Waals surface area contributed by atoms with E-state index in [0.717, 1.165) is 11.5 Å². The summed E-state index contributed by atoms with van der Waals surface area (Å²) >= 11 is 0. The predicted octanol–water partition coefficient (Wildman–Crippen LogP) is 2.79. The molecule has 112 valence electrons. The highest BCUT2D eigenvalue weighted by Crippen LogP contribution is 2.39. The van der Waals surface area contributed by atoms with Gasteiger partial charge in [0.1, 0.15) is 17.1 Å². The van der Waals surface area contributed by atoms with Crippen LogP contribution in [0, 0.1) is 12.8 Å². The zero-order chi connectivity index (χ0) is 15.1. The Morgan fingerprint density at radius 2 is 1.90 bits per heavy atom. The van der Waals surface area contributed by atoms with Gasteiger partial charge in [0.15, 0.2) is 5.78 Å². The molecule has 1 aromatic rings. The molecule has 2 rings (SSSR count). The molecule has 0 radical (unpaired) electrons. The molecule has 1 fully saturated rings. The van der Waals surface area contributed by atoms with Crippen LogP contribution in [0.3, 0.4) is 0 Å². The van der Waals surface area contributed by atoms with E-state index in [1.807, 2.05) is 53.8 Å². The highest BCUT2D eigenvalue weighted by atomic mass is 16.5. The molecule has 0 aliphatic carbocycles. The summed E-state index contributed by atoms with van der Waals surface area (Å²) in [7, 11) is 2.01. The van der Waals surface area contributed by atoms with Crippen LogP contribution in [0.1, 0.15) is 39.2 Å². The summed E-state index contributed by atoms with van der Waals surface area (Å²) in [5, 5.41) is 0.